The van der Waals surface area contributed by atoms with Crippen LogP contribution < -0.4 is 10.6 Å². The summed E-state index contributed by atoms with van der Waals surface area (Å²) in [4.78, 5) is 23.4. The van der Waals surface area contributed by atoms with E-state index in [4.69, 9.17) is 0 Å². The first-order valence-corrected chi connectivity index (χ1v) is 6.78. The van der Waals surface area contributed by atoms with Gasteiger partial charge in [-0.3, -0.25) is 9.59 Å². The SMILES string of the molecule is CC1(C(=O)O)CCCC1NC(=O)[C@@H]1CCCNC1. The van der Waals surface area contributed by atoms with Gasteiger partial charge in [0, 0.05) is 12.6 Å². The molecule has 1 heterocycles. The molecule has 1 amide bonds. The number of carboxylic acid groups (broad SMARTS) is 1. The van der Waals surface area contributed by atoms with Crippen molar-refractivity contribution in [2.45, 2.75) is 45.1 Å². The number of carboxylic acids is 1. The standard InChI is InChI=1S/C13H22N2O3/c1-13(12(17)18)6-2-5-10(13)15-11(16)9-4-3-7-14-8-9/h9-10,14H,2-8H2,1H3,(H,15,16)(H,17,18)/t9-,10?,13?/m1/s1. The van der Waals surface area contributed by atoms with Crippen molar-refractivity contribution in [1.82, 2.24) is 10.6 Å². The number of carbonyl (C=O) groups is 2. The van der Waals surface area contributed by atoms with E-state index in [2.05, 4.69) is 10.6 Å². The van der Waals surface area contributed by atoms with Gasteiger partial charge in [-0.1, -0.05) is 6.42 Å². The zero-order valence-corrected chi connectivity index (χ0v) is 10.9. The molecule has 5 heteroatoms. The molecule has 2 fully saturated rings. The lowest BCUT2D eigenvalue weighted by atomic mass is 9.84. The lowest BCUT2D eigenvalue weighted by molar-refractivity contribution is -0.149. The van der Waals surface area contributed by atoms with Crippen molar-refractivity contribution >= 4 is 11.9 Å². The molecule has 0 aromatic heterocycles. The van der Waals surface area contributed by atoms with Gasteiger partial charge in [0.15, 0.2) is 0 Å². The molecule has 1 aliphatic carbocycles. The van der Waals surface area contributed by atoms with Crippen LogP contribution in [0.1, 0.15) is 39.0 Å². The lowest BCUT2D eigenvalue weighted by Crippen LogP contribution is -2.50. The highest BCUT2D eigenvalue weighted by Crippen LogP contribution is 2.38. The summed E-state index contributed by atoms with van der Waals surface area (Å²) < 4.78 is 0. The Morgan fingerprint density at radius 3 is 2.72 bits per heavy atom. The highest BCUT2D eigenvalue weighted by atomic mass is 16.4. The summed E-state index contributed by atoms with van der Waals surface area (Å²) in [7, 11) is 0. The van der Waals surface area contributed by atoms with Crippen LogP contribution in [0.5, 0.6) is 0 Å². The third-order valence-electron chi connectivity index (χ3n) is 4.43. The van der Waals surface area contributed by atoms with Crippen molar-refractivity contribution in [3.05, 3.63) is 0 Å². The van der Waals surface area contributed by atoms with Gasteiger partial charge in [-0.25, -0.2) is 0 Å². The number of hydrogen-bond donors (Lipinski definition) is 3. The lowest BCUT2D eigenvalue weighted by Gasteiger charge is -2.30. The molecule has 102 valence electrons. The van der Waals surface area contributed by atoms with E-state index in [0.29, 0.717) is 13.0 Å². The van der Waals surface area contributed by atoms with Gasteiger partial charge < -0.3 is 15.7 Å². The van der Waals surface area contributed by atoms with Gasteiger partial charge in [0.1, 0.15) is 0 Å². The molecule has 0 aromatic rings. The van der Waals surface area contributed by atoms with Crippen LogP contribution in [0.2, 0.25) is 0 Å². The molecule has 1 saturated heterocycles. The van der Waals surface area contributed by atoms with E-state index >= 15 is 0 Å². The Labute approximate surface area is 107 Å². The molecule has 18 heavy (non-hydrogen) atoms. The Morgan fingerprint density at radius 2 is 2.11 bits per heavy atom. The average molecular weight is 254 g/mol. The minimum Gasteiger partial charge on any atom is -0.481 e. The average Bonchev–Trinajstić information content (AvgIpc) is 2.73. The van der Waals surface area contributed by atoms with Crippen LogP contribution in [0.3, 0.4) is 0 Å². The van der Waals surface area contributed by atoms with Crippen LogP contribution in [-0.4, -0.2) is 36.1 Å². The molecule has 3 atom stereocenters. The Morgan fingerprint density at radius 1 is 1.33 bits per heavy atom. The summed E-state index contributed by atoms with van der Waals surface area (Å²) in [5, 5.41) is 15.5. The third kappa shape index (κ3) is 2.51. The van der Waals surface area contributed by atoms with Gasteiger partial charge in [-0.15, -0.1) is 0 Å². The first-order chi connectivity index (χ1) is 8.54. The molecule has 5 nitrogen and oxygen atoms in total. The second kappa shape index (κ2) is 5.26. The second-order valence-corrected chi connectivity index (χ2v) is 5.72. The highest BCUT2D eigenvalue weighted by Gasteiger charge is 2.46. The first-order valence-electron chi connectivity index (χ1n) is 6.78. The normalized spacial score (nSPS) is 36.3. The number of rotatable bonds is 3. The molecule has 2 aliphatic rings. The molecule has 0 radical (unpaired) electrons. The smallest absolute Gasteiger partial charge is 0.311 e. The van der Waals surface area contributed by atoms with Crippen LogP contribution in [0.15, 0.2) is 0 Å². The van der Waals surface area contributed by atoms with Crippen molar-refractivity contribution < 1.29 is 14.7 Å². The number of aliphatic carboxylic acids is 1. The summed E-state index contributed by atoms with van der Waals surface area (Å²) in [6, 6.07) is -0.218. The molecule has 0 aromatic carbocycles. The molecule has 0 bridgehead atoms. The quantitative estimate of drug-likeness (QED) is 0.694. The fraction of sp³-hybridized carbons (Fsp3) is 0.846. The Bertz CT molecular complexity index is 339. The summed E-state index contributed by atoms with van der Waals surface area (Å²) in [6.07, 6.45) is 4.20. The van der Waals surface area contributed by atoms with Crippen LogP contribution in [0.25, 0.3) is 0 Å². The second-order valence-electron chi connectivity index (χ2n) is 5.72. The Kier molecular flexibility index (Phi) is 3.90. The molecular weight excluding hydrogens is 232 g/mol. The van der Waals surface area contributed by atoms with Crippen molar-refractivity contribution in [3.63, 3.8) is 0 Å². The fourth-order valence-electron chi connectivity index (χ4n) is 3.02. The van der Waals surface area contributed by atoms with E-state index in [1.807, 2.05) is 0 Å². The predicted molar refractivity (Wildman–Crippen MR) is 67.1 cm³/mol. The molecule has 1 saturated carbocycles. The minimum atomic E-state index is -0.799. The number of carbonyl (C=O) groups excluding carboxylic acids is 1. The monoisotopic (exact) mass is 254 g/mol. The largest absolute Gasteiger partial charge is 0.481 e. The summed E-state index contributed by atoms with van der Waals surface area (Å²) >= 11 is 0. The fourth-order valence-corrected chi connectivity index (χ4v) is 3.02. The zero-order valence-electron chi connectivity index (χ0n) is 10.9. The molecule has 0 spiro atoms. The Hall–Kier alpha value is -1.10. The maximum absolute atomic E-state index is 12.1. The van der Waals surface area contributed by atoms with Crippen LogP contribution in [-0.2, 0) is 9.59 Å². The summed E-state index contributed by atoms with van der Waals surface area (Å²) in [5.74, 6) is -0.786. The molecular formula is C13H22N2O3. The van der Waals surface area contributed by atoms with Crippen LogP contribution in [0, 0.1) is 11.3 Å². The predicted octanol–water partition coefficient (Wildman–Crippen LogP) is 0.746. The maximum Gasteiger partial charge on any atom is 0.311 e. The van der Waals surface area contributed by atoms with Gasteiger partial charge in [-0.2, -0.15) is 0 Å². The van der Waals surface area contributed by atoms with Crippen molar-refractivity contribution in [3.8, 4) is 0 Å². The van der Waals surface area contributed by atoms with E-state index in [9.17, 15) is 14.7 Å². The number of piperidine rings is 1. The first kappa shape index (κ1) is 13.3. The van der Waals surface area contributed by atoms with E-state index < -0.39 is 11.4 Å². The van der Waals surface area contributed by atoms with Gasteiger partial charge in [-0.05, 0) is 39.2 Å². The zero-order chi connectivity index (χ0) is 13.2. The maximum atomic E-state index is 12.1. The molecule has 2 unspecified atom stereocenters. The van der Waals surface area contributed by atoms with E-state index in [0.717, 1.165) is 32.2 Å². The highest BCUT2D eigenvalue weighted by molar-refractivity contribution is 5.82. The third-order valence-corrected chi connectivity index (χ3v) is 4.43. The van der Waals surface area contributed by atoms with Gasteiger partial charge in [0.25, 0.3) is 0 Å². The van der Waals surface area contributed by atoms with E-state index in [1.165, 1.54) is 0 Å². The van der Waals surface area contributed by atoms with Crippen molar-refractivity contribution in [2.75, 3.05) is 13.1 Å². The van der Waals surface area contributed by atoms with Crippen molar-refractivity contribution in [1.29, 1.82) is 0 Å². The topological polar surface area (TPSA) is 78.4 Å². The van der Waals surface area contributed by atoms with Crippen LogP contribution >= 0.6 is 0 Å². The summed E-state index contributed by atoms with van der Waals surface area (Å²) in [6.45, 7) is 3.43. The van der Waals surface area contributed by atoms with E-state index in [-0.39, 0.29) is 17.9 Å². The number of nitrogens with one attached hydrogen (secondary N) is 2. The summed E-state index contributed by atoms with van der Waals surface area (Å²) in [5.41, 5.74) is -0.794. The molecule has 2 rings (SSSR count). The number of amides is 1. The Balaban J connectivity index is 1.95. The molecule has 3 N–H and O–H groups in total. The molecule has 1 aliphatic heterocycles. The van der Waals surface area contributed by atoms with Gasteiger partial charge >= 0.3 is 5.97 Å². The van der Waals surface area contributed by atoms with Crippen molar-refractivity contribution in [2.24, 2.45) is 11.3 Å². The van der Waals surface area contributed by atoms with E-state index in [1.54, 1.807) is 6.92 Å². The van der Waals surface area contributed by atoms with Gasteiger partial charge in [0.05, 0.1) is 11.3 Å². The van der Waals surface area contributed by atoms with Gasteiger partial charge in [0.2, 0.25) is 5.91 Å². The number of hydrogen-bond acceptors (Lipinski definition) is 3. The van der Waals surface area contributed by atoms with Crippen LogP contribution in [0.4, 0.5) is 0 Å². The minimum absolute atomic E-state index is 0.00241.